The van der Waals surface area contributed by atoms with Crippen LogP contribution in [0.3, 0.4) is 0 Å². The molecule has 2 fully saturated rings. The average molecular weight is 266 g/mol. The normalized spacial score (nSPS) is 32.5. The van der Waals surface area contributed by atoms with E-state index in [-0.39, 0.29) is 17.8 Å². The topological polar surface area (TPSA) is 9.23 Å². The maximum absolute atomic E-state index is 13.9. The van der Waals surface area contributed by atoms with E-state index in [1.54, 1.807) is 0 Å². The fraction of sp³-hybridized carbons (Fsp3) is 0.625. The second-order valence-corrected chi connectivity index (χ2v) is 6.37. The van der Waals surface area contributed by atoms with Gasteiger partial charge in [-0.2, -0.15) is 0 Å². The van der Waals surface area contributed by atoms with Crippen molar-refractivity contribution in [3.63, 3.8) is 0 Å². The van der Waals surface area contributed by atoms with Crippen molar-refractivity contribution in [1.82, 2.24) is 0 Å². The van der Waals surface area contributed by atoms with Crippen LogP contribution in [0.5, 0.6) is 5.75 Å². The summed E-state index contributed by atoms with van der Waals surface area (Å²) in [5.74, 6) is 0.978. The van der Waals surface area contributed by atoms with Gasteiger partial charge in [0.2, 0.25) is 0 Å². The van der Waals surface area contributed by atoms with Gasteiger partial charge in [-0.05, 0) is 54.2 Å². The molecule has 0 bridgehead atoms. The molecule has 19 heavy (non-hydrogen) atoms. The van der Waals surface area contributed by atoms with E-state index in [1.807, 2.05) is 13.8 Å². The number of hydrogen-bond acceptors (Lipinski definition) is 1. The molecule has 2 aliphatic rings. The van der Waals surface area contributed by atoms with Crippen LogP contribution in [0.4, 0.5) is 8.78 Å². The van der Waals surface area contributed by atoms with Crippen molar-refractivity contribution in [2.24, 2.45) is 17.8 Å². The van der Waals surface area contributed by atoms with E-state index >= 15 is 0 Å². The number of hydrogen-bond donors (Lipinski definition) is 0. The fourth-order valence-corrected chi connectivity index (χ4v) is 3.41. The highest BCUT2D eigenvalue weighted by Crippen LogP contribution is 2.57. The van der Waals surface area contributed by atoms with Crippen molar-refractivity contribution in [3.05, 3.63) is 29.3 Å². The minimum Gasteiger partial charge on any atom is -0.484 e. The Balaban J connectivity index is 1.74. The molecular weight excluding hydrogens is 246 g/mol. The van der Waals surface area contributed by atoms with E-state index in [2.05, 4.69) is 6.92 Å². The van der Waals surface area contributed by atoms with Crippen LogP contribution in [0.1, 0.15) is 45.1 Å². The molecule has 104 valence electrons. The Bertz CT molecular complexity index is 463. The van der Waals surface area contributed by atoms with Gasteiger partial charge in [0.15, 0.2) is 17.4 Å². The molecule has 0 saturated heterocycles. The lowest BCUT2D eigenvalue weighted by Crippen LogP contribution is -2.17. The third kappa shape index (κ3) is 2.24. The Morgan fingerprint density at radius 2 is 1.63 bits per heavy atom. The zero-order valence-electron chi connectivity index (χ0n) is 11.6. The molecule has 0 heterocycles. The zero-order valence-corrected chi connectivity index (χ0v) is 11.6. The van der Waals surface area contributed by atoms with Gasteiger partial charge in [0.1, 0.15) is 0 Å². The van der Waals surface area contributed by atoms with Crippen LogP contribution < -0.4 is 4.74 Å². The van der Waals surface area contributed by atoms with Gasteiger partial charge in [0.05, 0.1) is 6.10 Å². The van der Waals surface area contributed by atoms with Gasteiger partial charge in [-0.15, -0.1) is 0 Å². The SMILES string of the molecule is CC(C)c1cc(F)c(OC2CC3C(C)C3C2)c(F)c1. The molecule has 2 atom stereocenters. The summed E-state index contributed by atoms with van der Waals surface area (Å²) in [5.41, 5.74) is 0.672. The summed E-state index contributed by atoms with van der Waals surface area (Å²) in [6, 6.07) is 2.78. The average Bonchev–Trinajstić information content (AvgIpc) is 2.76. The van der Waals surface area contributed by atoms with Crippen LogP contribution in [0.25, 0.3) is 0 Å². The predicted octanol–water partition coefficient (Wildman–Crippen LogP) is 4.51. The molecule has 0 spiro atoms. The highest BCUT2D eigenvalue weighted by atomic mass is 19.1. The lowest BCUT2D eigenvalue weighted by atomic mass is 10.0. The summed E-state index contributed by atoms with van der Waals surface area (Å²) in [6.07, 6.45) is 1.87. The van der Waals surface area contributed by atoms with E-state index in [1.165, 1.54) is 12.1 Å². The summed E-state index contributed by atoms with van der Waals surface area (Å²) < 4.78 is 33.5. The Kier molecular flexibility index (Phi) is 3.03. The largest absolute Gasteiger partial charge is 0.484 e. The summed E-state index contributed by atoms with van der Waals surface area (Å²) in [5, 5.41) is 0. The first-order valence-corrected chi connectivity index (χ1v) is 7.13. The third-order valence-corrected chi connectivity index (χ3v) is 4.80. The fourth-order valence-electron chi connectivity index (χ4n) is 3.41. The molecule has 0 aromatic heterocycles. The van der Waals surface area contributed by atoms with Crippen molar-refractivity contribution in [2.75, 3.05) is 0 Å². The van der Waals surface area contributed by atoms with Crippen LogP contribution in [0, 0.1) is 29.4 Å². The number of fused-ring (bicyclic) bond motifs is 1. The van der Waals surface area contributed by atoms with Gasteiger partial charge < -0.3 is 4.74 Å². The standard InChI is InChI=1S/C16H20F2O/c1-8(2)10-4-14(17)16(15(18)5-10)19-11-6-12-9(3)13(12)7-11/h4-5,8-9,11-13H,6-7H2,1-3H3. The van der Waals surface area contributed by atoms with Crippen LogP contribution in [-0.2, 0) is 0 Å². The van der Waals surface area contributed by atoms with E-state index < -0.39 is 11.6 Å². The Morgan fingerprint density at radius 1 is 1.11 bits per heavy atom. The van der Waals surface area contributed by atoms with Gasteiger partial charge >= 0.3 is 0 Å². The molecule has 1 aromatic carbocycles. The molecule has 1 aromatic rings. The van der Waals surface area contributed by atoms with Gasteiger partial charge in [-0.25, -0.2) is 8.78 Å². The lowest BCUT2D eigenvalue weighted by Gasteiger charge is -2.18. The molecule has 3 heteroatoms. The molecule has 3 rings (SSSR count). The lowest BCUT2D eigenvalue weighted by molar-refractivity contribution is 0.171. The number of rotatable bonds is 3. The molecular formula is C16H20F2O. The van der Waals surface area contributed by atoms with E-state index in [0.717, 1.165) is 18.8 Å². The molecule has 0 radical (unpaired) electrons. The predicted molar refractivity (Wildman–Crippen MR) is 70.2 cm³/mol. The summed E-state index contributed by atoms with van der Waals surface area (Å²) >= 11 is 0. The minimum absolute atomic E-state index is 0.0138. The minimum atomic E-state index is -0.572. The van der Waals surface area contributed by atoms with Crippen molar-refractivity contribution in [3.8, 4) is 5.75 Å². The van der Waals surface area contributed by atoms with E-state index in [0.29, 0.717) is 17.4 Å². The molecule has 0 N–H and O–H groups in total. The van der Waals surface area contributed by atoms with Gasteiger partial charge in [0.25, 0.3) is 0 Å². The Morgan fingerprint density at radius 3 is 2.11 bits per heavy atom. The van der Waals surface area contributed by atoms with Crippen LogP contribution >= 0.6 is 0 Å². The maximum atomic E-state index is 13.9. The van der Waals surface area contributed by atoms with E-state index in [9.17, 15) is 8.78 Å². The number of halogens is 2. The van der Waals surface area contributed by atoms with Crippen LogP contribution in [0.2, 0.25) is 0 Å². The first-order valence-electron chi connectivity index (χ1n) is 7.13. The van der Waals surface area contributed by atoms with Gasteiger partial charge in [-0.3, -0.25) is 0 Å². The smallest absolute Gasteiger partial charge is 0.191 e. The van der Waals surface area contributed by atoms with Crippen molar-refractivity contribution in [1.29, 1.82) is 0 Å². The van der Waals surface area contributed by atoms with E-state index in [4.69, 9.17) is 4.74 Å². The molecule has 2 saturated carbocycles. The summed E-state index contributed by atoms with van der Waals surface area (Å²) in [4.78, 5) is 0. The van der Waals surface area contributed by atoms with Crippen molar-refractivity contribution >= 4 is 0 Å². The summed E-state index contributed by atoms with van der Waals surface area (Å²) in [7, 11) is 0. The van der Waals surface area contributed by atoms with Crippen LogP contribution in [-0.4, -0.2) is 6.10 Å². The first-order chi connectivity index (χ1) is 8.97. The highest BCUT2D eigenvalue weighted by Gasteiger charge is 2.54. The van der Waals surface area contributed by atoms with Gasteiger partial charge in [0, 0.05) is 0 Å². The first kappa shape index (κ1) is 12.9. The highest BCUT2D eigenvalue weighted by molar-refractivity contribution is 5.33. The maximum Gasteiger partial charge on any atom is 0.191 e. The van der Waals surface area contributed by atoms with Crippen molar-refractivity contribution < 1.29 is 13.5 Å². The van der Waals surface area contributed by atoms with Crippen molar-refractivity contribution in [2.45, 2.75) is 45.6 Å². The second kappa shape index (κ2) is 4.46. The quantitative estimate of drug-likeness (QED) is 0.782. The van der Waals surface area contributed by atoms with Gasteiger partial charge in [-0.1, -0.05) is 20.8 Å². The Labute approximate surface area is 113 Å². The molecule has 0 aliphatic heterocycles. The zero-order chi connectivity index (χ0) is 13.7. The number of ether oxygens (including phenoxy) is 1. The third-order valence-electron chi connectivity index (χ3n) is 4.80. The molecule has 2 unspecified atom stereocenters. The van der Waals surface area contributed by atoms with Crippen LogP contribution in [0.15, 0.2) is 12.1 Å². The molecule has 2 aliphatic carbocycles. The molecule has 0 amide bonds. The monoisotopic (exact) mass is 266 g/mol. The second-order valence-electron chi connectivity index (χ2n) is 6.37. The summed E-state index contributed by atoms with van der Waals surface area (Å²) in [6.45, 7) is 6.07. The molecule has 1 nitrogen and oxygen atoms in total. The Hall–Kier alpha value is -1.12. The number of benzene rings is 1.